The number of rotatable bonds is 6. The van der Waals surface area contributed by atoms with Crippen LogP contribution < -0.4 is 11.1 Å². The molecule has 0 spiro atoms. The van der Waals surface area contributed by atoms with E-state index in [1.807, 2.05) is 24.0 Å². The van der Waals surface area contributed by atoms with Crippen LogP contribution in [0.2, 0.25) is 0 Å². The van der Waals surface area contributed by atoms with Crippen molar-refractivity contribution in [2.24, 2.45) is 5.73 Å². The topological polar surface area (TPSA) is 68.8 Å². The van der Waals surface area contributed by atoms with Crippen LogP contribution in [0.4, 0.5) is 5.00 Å². The van der Waals surface area contributed by atoms with Gasteiger partial charge in [0.1, 0.15) is 10.5 Å². The Balaban J connectivity index is 1.73. The first-order valence-corrected chi connectivity index (χ1v) is 10.1. The van der Waals surface area contributed by atoms with Gasteiger partial charge in [-0.25, -0.2) is 4.98 Å². The van der Waals surface area contributed by atoms with Crippen LogP contribution in [0.15, 0.2) is 36.2 Å². The zero-order chi connectivity index (χ0) is 16.5. The van der Waals surface area contributed by atoms with Crippen molar-refractivity contribution < 1.29 is 0 Å². The lowest BCUT2D eigenvalue weighted by Gasteiger charge is -2.06. The molecule has 4 heterocycles. The van der Waals surface area contributed by atoms with E-state index in [0.717, 1.165) is 29.2 Å². The molecular formula is C16H17N5S3. The van der Waals surface area contributed by atoms with Gasteiger partial charge >= 0.3 is 0 Å². The van der Waals surface area contributed by atoms with Crippen molar-refractivity contribution in [3.63, 3.8) is 0 Å². The summed E-state index contributed by atoms with van der Waals surface area (Å²) in [5, 5.41) is 6.76. The average molecular weight is 376 g/mol. The maximum absolute atomic E-state index is 6.05. The number of thiophene rings is 2. The Labute approximate surface area is 151 Å². The van der Waals surface area contributed by atoms with Gasteiger partial charge in [0.05, 0.1) is 23.3 Å². The molecule has 124 valence electrons. The van der Waals surface area contributed by atoms with E-state index in [1.165, 1.54) is 26.0 Å². The van der Waals surface area contributed by atoms with Crippen molar-refractivity contribution in [2.75, 3.05) is 5.32 Å². The quantitative estimate of drug-likeness (QED) is 0.532. The van der Waals surface area contributed by atoms with Crippen LogP contribution in [0.25, 0.3) is 15.9 Å². The monoisotopic (exact) mass is 375 g/mol. The summed E-state index contributed by atoms with van der Waals surface area (Å²) in [4.78, 5) is 6.76. The number of nitrogens with zero attached hydrogens (tertiary/aromatic N) is 3. The molecule has 0 saturated carbocycles. The van der Waals surface area contributed by atoms with Crippen molar-refractivity contribution in [1.29, 1.82) is 0 Å². The predicted octanol–water partition coefficient (Wildman–Crippen LogP) is 4.11. The van der Waals surface area contributed by atoms with Gasteiger partial charge in [-0.3, -0.25) is 0 Å². The van der Waals surface area contributed by atoms with Gasteiger partial charge in [-0.1, -0.05) is 6.07 Å². The smallest absolute Gasteiger partial charge is 0.127 e. The van der Waals surface area contributed by atoms with Gasteiger partial charge in [0.2, 0.25) is 0 Å². The molecule has 24 heavy (non-hydrogen) atoms. The second kappa shape index (κ2) is 6.64. The van der Waals surface area contributed by atoms with Crippen LogP contribution in [0.1, 0.15) is 16.7 Å². The van der Waals surface area contributed by atoms with E-state index in [-0.39, 0.29) is 6.04 Å². The Morgan fingerprint density at radius 2 is 2.33 bits per heavy atom. The zero-order valence-corrected chi connectivity index (χ0v) is 15.5. The van der Waals surface area contributed by atoms with Gasteiger partial charge in [-0.15, -0.1) is 22.7 Å². The van der Waals surface area contributed by atoms with Gasteiger partial charge in [0.15, 0.2) is 0 Å². The lowest BCUT2D eigenvalue weighted by atomic mass is 10.2. The number of fused-ring (bicyclic) bond motifs is 1. The van der Waals surface area contributed by atoms with E-state index in [1.54, 1.807) is 28.9 Å². The molecule has 0 aliphatic heterocycles. The minimum absolute atomic E-state index is 0.112. The molecule has 0 fully saturated rings. The second-order valence-electron chi connectivity index (χ2n) is 5.65. The van der Waals surface area contributed by atoms with Crippen LogP contribution in [0, 0.1) is 0 Å². The third kappa shape index (κ3) is 2.98. The van der Waals surface area contributed by atoms with Crippen LogP contribution in [0.3, 0.4) is 0 Å². The highest BCUT2D eigenvalue weighted by atomic mass is 32.1. The molecular weight excluding hydrogens is 358 g/mol. The largest absolute Gasteiger partial charge is 0.370 e. The van der Waals surface area contributed by atoms with Crippen LogP contribution in [-0.2, 0) is 13.0 Å². The molecule has 0 amide bonds. The second-order valence-corrected chi connectivity index (χ2v) is 8.56. The highest BCUT2D eigenvalue weighted by Gasteiger charge is 2.20. The van der Waals surface area contributed by atoms with Crippen molar-refractivity contribution >= 4 is 49.4 Å². The maximum atomic E-state index is 6.05. The summed E-state index contributed by atoms with van der Waals surface area (Å²) in [6.07, 6.45) is 6.42. The Kier molecular flexibility index (Phi) is 4.36. The fourth-order valence-electron chi connectivity index (χ4n) is 2.61. The molecule has 0 saturated heterocycles. The summed E-state index contributed by atoms with van der Waals surface area (Å²) in [6, 6.07) is 4.33. The van der Waals surface area contributed by atoms with E-state index in [4.69, 9.17) is 10.1 Å². The number of imidazole rings is 1. The van der Waals surface area contributed by atoms with Crippen molar-refractivity contribution in [2.45, 2.75) is 25.9 Å². The average Bonchev–Trinajstić information content (AvgIpc) is 3.30. The first-order chi connectivity index (χ1) is 11.7. The van der Waals surface area contributed by atoms with Gasteiger partial charge < -0.3 is 15.6 Å². The third-order valence-corrected chi connectivity index (χ3v) is 6.65. The molecule has 4 aromatic rings. The van der Waals surface area contributed by atoms with Gasteiger partial charge in [-0.05, 0) is 36.3 Å². The Bertz CT molecular complexity index is 919. The highest BCUT2D eigenvalue weighted by molar-refractivity contribution is 7.25. The molecule has 0 aromatic carbocycles. The van der Waals surface area contributed by atoms with Crippen LogP contribution >= 0.6 is 34.2 Å². The first kappa shape index (κ1) is 15.8. The van der Waals surface area contributed by atoms with Gasteiger partial charge in [-0.2, -0.15) is 4.37 Å². The van der Waals surface area contributed by atoms with Crippen molar-refractivity contribution in [3.8, 4) is 5.69 Å². The fourth-order valence-corrected chi connectivity index (χ4v) is 5.52. The number of aromatic nitrogens is 3. The Morgan fingerprint density at radius 3 is 3.04 bits per heavy atom. The van der Waals surface area contributed by atoms with E-state index in [0.29, 0.717) is 0 Å². The van der Waals surface area contributed by atoms with Crippen LogP contribution in [0.5, 0.6) is 0 Å². The fraction of sp³-hybridized carbons (Fsp3) is 0.250. The molecule has 0 bridgehead atoms. The molecule has 3 N–H and O–H groups in total. The third-order valence-electron chi connectivity index (χ3n) is 3.64. The molecule has 0 aliphatic carbocycles. The van der Waals surface area contributed by atoms with Gasteiger partial charge in [0.25, 0.3) is 0 Å². The minimum Gasteiger partial charge on any atom is -0.370 e. The molecule has 4 rings (SSSR count). The standard InChI is InChI=1S/C16H17N5S3/c1-10(17)7-12-14(21-5-4-18-9-21)13-15(23-12)16(24-20-13)19-8-11-3-2-6-22-11/h2-6,9-10,19H,7-8,17H2,1H3/t10-/m0/s1. The van der Waals surface area contributed by atoms with Crippen molar-refractivity contribution in [1.82, 2.24) is 13.9 Å². The summed E-state index contributed by atoms with van der Waals surface area (Å²) in [5.41, 5.74) is 8.20. The molecule has 0 radical (unpaired) electrons. The predicted molar refractivity (Wildman–Crippen MR) is 104 cm³/mol. The van der Waals surface area contributed by atoms with Crippen LogP contribution in [-0.4, -0.2) is 20.0 Å². The van der Waals surface area contributed by atoms with Crippen molar-refractivity contribution in [3.05, 3.63) is 46.0 Å². The summed E-state index contributed by atoms with van der Waals surface area (Å²) >= 11 is 5.06. The molecule has 8 heteroatoms. The van der Waals surface area contributed by atoms with E-state index < -0.39 is 0 Å². The summed E-state index contributed by atoms with van der Waals surface area (Å²) in [6.45, 7) is 2.87. The number of nitrogens with two attached hydrogens (primary N) is 1. The first-order valence-electron chi connectivity index (χ1n) is 7.63. The number of nitrogens with one attached hydrogen (secondary N) is 1. The summed E-state index contributed by atoms with van der Waals surface area (Å²) in [5.74, 6) is 0. The normalized spacial score (nSPS) is 12.8. The lowest BCUT2D eigenvalue weighted by molar-refractivity contribution is 0.743. The van der Waals surface area contributed by atoms with E-state index in [2.05, 4.69) is 27.8 Å². The van der Waals surface area contributed by atoms with E-state index >= 15 is 0 Å². The lowest BCUT2D eigenvalue weighted by Crippen LogP contribution is -2.17. The molecule has 1 atom stereocenters. The number of anilines is 1. The molecule has 0 aliphatic rings. The van der Waals surface area contributed by atoms with Gasteiger partial charge in [0, 0.05) is 28.2 Å². The molecule has 0 unspecified atom stereocenters. The number of hydrogen-bond acceptors (Lipinski definition) is 7. The maximum Gasteiger partial charge on any atom is 0.127 e. The Hall–Kier alpha value is -1.74. The highest BCUT2D eigenvalue weighted by Crippen LogP contribution is 2.41. The Morgan fingerprint density at radius 1 is 1.42 bits per heavy atom. The van der Waals surface area contributed by atoms with E-state index in [9.17, 15) is 0 Å². The SMILES string of the molecule is C[C@H](N)Cc1sc2c(NCc3cccs3)snc2c1-n1ccnc1. The minimum atomic E-state index is 0.112. The molecule has 5 nitrogen and oxygen atoms in total. The summed E-state index contributed by atoms with van der Waals surface area (Å²) in [7, 11) is 0. The summed E-state index contributed by atoms with van der Waals surface area (Å²) < 4.78 is 7.95. The molecule has 4 aromatic heterocycles. The number of hydrogen-bond donors (Lipinski definition) is 2. The zero-order valence-electron chi connectivity index (χ0n) is 13.1.